The van der Waals surface area contributed by atoms with Crippen LogP contribution in [-0.2, 0) is 16.1 Å². The summed E-state index contributed by atoms with van der Waals surface area (Å²) in [5, 5.41) is 4.63. The molecular weight excluding hydrogens is 326 g/mol. The number of amides is 2. The molecule has 136 valence electrons. The lowest BCUT2D eigenvalue weighted by Crippen LogP contribution is -2.31. The van der Waals surface area contributed by atoms with Crippen LogP contribution in [0.3, 0.4) is 0 Å². The minimum Gasteiger partial charge on any atom is -0.274 e. The molecule has 0 spiro atoms. The van der Waals surface area contributed by atoms with Gasteiger partial charge in [-0.05, 0) is 39.2 Å². The fourth-order valence-electron chi connectivity index (χ4n) is 4.41. The van der Waals surface area contributed by atoms with Crippen molar-refractivity contribution in [1.82, 2.24) is 9.78 Å². The second-order valence-electron chi connectivity index (χ2n) is 7.67. The summed E-state index contributed by atoms with van der Waals surface area (Å²) in [6.45, 7) is 6.54. The Labute approximate surface area is 154 Å². The van der Waals surface area contributed by atoms with Gasteiger partial charge in [-0.2, -0.15) is 5.10 Å². The third-order valence-corrected chi connectivity index (χ3v) is 5.86. The first-order chi connectivity index (χ1) is 12.5. The smallest absolute Gasteiger partial charge is 0.237 e. The summed E-state index contributed by atoms with van der Waals surface area (Å²) < 4.78 is 1.90. The van der Waals surface area contributed by atoms with Crippen LogP contribution in [0.5, 0.6) is 0 Å². The third-order valence-electron chi connectivity index (χ3n) is 5.86. The highest BCUT2D eigenvalue weighted by Crippen LogP contribution is 2.41. The number of imide groups is 1. The van der Waals surface area contributed by atoms with Crippen molar-refractivity contribution in [1.29, 1.82) is 0 Å². The summed E-state index contributed by atoms with van der Waals surface area (Å²) in [7, 11) is 0. The van der Waals surface area contributed by atoms with E-state index in [0.717, 1.165) is 42.6 Å². The molecule has 5 nitrogen and oxygen atoms in total. The van der Waals surface area contributed by atoms with Gasteiger partial charge in [0.1, 0.15) is 0 Å². The van der Waals surface area contributed by atoms with Gasteiger partial charge in [0, 0.05) is 0 Å². The number of carbonyl (C=O) groups is 2. The van der Waals surface area contributed by atoms with Gasteiger partial charge in [-0.25, -0.2) is 4.90 Å². The minimum atomic E-state index is -0.129. The van der Waals surface area contributed by atoms with E-state index in [4.69, 9.17) is 0 Å². The van der Waals surface area contributed by atoms with E-state index in [1.165, 1.54) is 10.5 Å². The Morgan fingerprint density at radius 2 is 1.54 bits per heavy atom. The average molecular weight is 351 g/mol. The van der Waals surface area contributed by atoms with Gasteiger partial charge in [0.15, 0.2) is 0 Å². The molecule has 26 heavy (non-hydrogen) atoms. The molecule has 1 aromatic carbocycles. The Balaban J connectivity index is 1.67. The fraction of sp³-hybridized carbons (Fsp3) is 0.476. The van der Waals surface area contributed by atoms with Crippen LogP contribution in [0, 0.1) is 32.6 Å². The molecule has 2 fully saturated rings. The molecule has 5 heteroatoms. The molecule has 1 aliphatic carbocycles. The molecule has 4 rings (SSSR count). The maximum absolute atomic E-state index is 12.9. The van der Waals surface area contributed by atoms with E-state index in [1.54, 1.807) is 0 Å². The quantitative estimate of drug-likeness (QED) is 0.795. The highest BCUT2D eigenvalue weighted by atomic mass is 16.2. The van der Waals surface area contributed by atoms with Crippen molar-refractivity contribution >= 4 is 17.5 Å². The molecule has 2 aliphatic rings. The molecule has 0 unspecified atom stereocenters. The van der Waals surface area contributed by atoms with Crippen molar-refractivity contribution in [3.05, 3.63) is 46.8 Å². The average Bonchev–Trinajstić information content (AvgIpc) is 3.04. The largest absolute Gasteiger partial charge is 0.274 e. The number of hydrogen-bond acceptors (Lipinski definition) is 3. The predicted molar refractivity (Wildman–Crippen MR) is 99.9 cm³/mol. The molecule has 1 saturated carbocycles. The summed E-state index contributed by atoms with van der Waals surface area (Å²) in [4.78, 5) is 27.3. The number of carbonyl (C=O) groups excluding carboxylic acids is 2. The molecule has 1 aromatic heterocycles. The van der Waals surface area contributed by atoms with Crippen LogP contribution in [0.1, 0.15) is 48.2 Å². The van der Waals surface area contributed by atoms with E-state index in [-0.39, 0.29) is 23.7 Å². The van der Waals surface area contributed by atoms with Gasteiger partial charge < -0.3 is 0 Å². The van der Waals surface area contributed by atoms with Crippen LogP contribution in [0.4, 0.5) is 5.69 Å². The van der Waals surface area contributed by atoms with Crippen molar-refractivity contribution < 1.29 is 9.59 Å². The van der Waals surface area contributed by atoms with Crippen LogP contribution in [0.2, 0.25) is 0 Å². The van der Waals surface area contributed by atoms with Crippen LogP contribution in [-0.4, -0.2) is 21.6 Å². The SMILES string of the molecule is Cc1ccc(Cn2nc(C)c(N3C(=O)[C@H]4CCCC[C@H]4C3=O)c2C)cc1. The van der Waals surface area contributed by atoms with Gasteiger partial charge in [0.05, 0.1) is 35.5 Å². The van der Waals surface area contributed by atoms with Gasteiger partial charge in [-0.3, -0.25) is 14.3 Å². The first kappa shape index (κ1) is 17.0. The van der Waals surface area contributed by atoms with Gasteiger partial charge in [-0.15, -0.1) is 0 Å². The summed E-state index contributed by atoms with van der Waals surface area (Å²) in [6.07, 6.45) is 3.75. The normalized spacial score (nSPS) is 22.8. The molecule has 0 radical (unpaired) electrons. The van der Waals surface area contributed by atoms with E-state index in [1.807, 2.05) is 18.5 Å². The van der Waals surface area contributed by atoms with Crippen molar-refractivity contribution in [3.8, 4) is 0 Å². The zero-order valence-corrected chi connectivity index (χ0v) is 15.7. The fourth-order valence-corrected chi connectivity index (χ4v) is 4.41. The summed E-state index contributed by atoms with van der Waals surface area (Å²) in [6, 6.07) is 8.35. The number of benzene rings is 1. The molecule has 0 bridgehead atoms. The van der Waals surface area contributed by atoms with E-state index in [2.05, 4.69) is 36.3 Å². The number of aryl methyl sites for hydroxylation is 2. The molecular formula is C21H25N3O2. The number of aromatic nitrogens is 2. The van der Waals surface area contributed by atoms with Gasteiger partial charge in [0.2, 0.25) is 11.8 Å². The molecule has 1 saturated heterocycles. The number of hydrogen-bond donors (Lipinski definition) is 0. The summed E-state index contributed by atoms with van der Waals surface area (Å²) >= 11 is 0. The predicted octanol–water partition coefficient (Wildman–Crippen LogP) is 3.54. The van der Waals surface area contributed by atoms with E-state index in [9.17, 15) is 9.59 Å². The topological polar surface area (TPSA) is 55.2 Å². The van der Waals surface area contributed by atoms with Crippen molar-refractivity contribution in [2.75, 3.05) is 4.90 Å². The lowest BCUT2D eigenvalue weighted by molar-refractivity contribution is -0.122. The molecule has 2 heterocycles. The maximum atomic E-state index is 12.9. The Morgan fingerprint density at radius 3 is 2.12 bits per heavy atom. The number of fused-ring (bicyclic) bond motifs is 1. The molecule has 1 aliphatic heterocycles. The molecule has 2 atom stereocenters. The number of rotatable bonds is 3. The van der Waals surface area contributed by atoms with Crippen LogP contribution in [0.25, 0.3) is 0 Å². The van der Waals surface area contributed by atoms with E-state index in [0.29, 0.717) is 12.2 Å². The second-order valence-corrected chi connectivity index (χ2v) is 7.67. The van der Waals surface area contributed by atoms with Crippen LogP contribution >= 0.6 is 0 Å². The number of anilines is 1. The van der Waals surface area contributed by atoms with Gasteiger partial charge in [-0.1, -0.05) is 42.7 Å². The standard InChI is InChI=1S/C21H25N3O2/c1-13-8-10-16(11-9-13)12-23-15(3)19(14(2)22-23)24-20(25)17-6-4-5-7-18(17)21(24)26/h8-11,17-18H,4-7,12H2,1-3H3/t17-,18+. The Morgan fingerprint density at radius 1 is 0.962 bits per heavy atom. The Hall–Kier alpha value is -2.43. The maximum Gasteiger partial charge on any atom is 0.237 e. The van der Waals surface area contributed by atoms with Gasteiger partial charge >= 0.3 is 0 Å². The monoisotopic (exact) mass is 351 g/mol. The summed E-state index contributed by atoms with van der Waals surface area (Å²) in [5.74, 6) is -0.312. The lowest BCUT2D eigenvalue weighted by atomic mass is 9.81. The lowest BCUT2D eigenvalue weighted by Gasteiger charge is -2.19. The highest BCUT2D eigenvalue weighted by molar-refractivity contribution is 6.22. The van der Waals surface area contributed by atoms with Gasteiger partial charge in [0.25, 0.3) is 0 Å². The van der Waals surface area contributed by atoms with Crippen LogP contribution < -0.4 is 4.90 Å². The van der Waals surface area contributed by atoms with Crippen molar-refractivity contribution in [2.24, 2.45) is 11.8 Å². The van der Waals surface area contributed by atoms with E-state index >= 15 is 0 Å². The molecule has 2 amide bonds. The number of nitrogens with zero attached hydrogens (tertiary/aromatic N) is 3. The minimum absolute atomic E-state index is 0.0271. The first-order valence-electron chi connectivity index (χ1n) is 9.44. The highest BCUT2D eigenvalue weighted by Gasteiger charge is 2.49. The molecule has 0 N–H and O–H groups in total. The van der Waals surface area contributed by atoms with Crippen LogP contribution in [0.15, 0.2) is 24.3 Å². The zero-order chi connectivity index (χ0) is 18.4. The van der Waals surface area contributed by atoms with Crippen molar-refractivity contribution in [2.45, 2.75) is 53.0 Å². The molecule has 2 aromatic rings. The summed E-state index contributed by atoms with van der Waals surface area (Å²) in [5.41, 5.74) is 4.69. The van der Waals surface area contributed by atoms with Crippen molar-refractivity contribution in [3.63, 3.8) is 0 Å². The third kappa shape index (κ3) is 2.66. The zero-order valence-electron chi connectivity index (χ0n) is 15.7. The van der Waals surface area contributed by atoms with E-state index < -0.39 is 0 Å². The second kappa shape index (κ2) is 6.38. The first-order valence-corrected chi connectivity index (χ1v) is 9.44. The Kier molecular flexibility index (Phi) is 4.17. The Bertz CT molecular complexity index is 842.